The predicted octanol–water partition coefficient (Wildman–Crippen LogP) is 3.50. The Labute approximate surface area is 115 Å². The van der Waals surface area contributed by atoms with Gasteiger partial charge in [-0.1, -0.05) is 26.8 Å². The smallest absolute Gasteiger partial charge is 0.251 e. The normalized spacial score (nSPS) is 11.8. The van der Waals surface area contributed by atoms with Crippen LogP contribution in [0.25, 0.3) is 0 Å². The van der Waals surface area contributed by atoms with Gasteiger partial charge < -0.3 is 5.32 Å². The Bertz CT molecular complexity index is 504. The van der Waals surface area contributed by atoms with Crippen LogP contribution in [0.2, 0.25) is 0 Å². The highest BCUT2D eigenvalue weighted by atomic mass is 16.1. The number of carbonyl (C=O) groups excluding carboxylic acids is 1. The van der Waals surface area contributed by atoms with Gasteiger partial charge in [-0.3, -0.25) is 4.79 Å². The molecule has 1 N–H and O–H groups in total. The fourth-order valence-corrected chi connectivity index (χ4v) is 2.48. The van der Waals surface area contributed by atoms with Gasteiger partial charge in [0, 0.05) is 11.1 Å². The molecule has 0 spiro atoms. The molecule has 0 aliphatic rings. The Kier molecular flexibility index (Phi) is 4.36. The van der Waals surface area contributed by atoms with Crippen LogP contribution in [0, 0.1) is 16.7 Å². The number of nitriles is 1. The molecule has 0 unspecified atom stereocenters. The van der Waals surface area contributed by atoms with E-state index in [4.69, 9.17) is 5.26 Å². The second-order valence-corrected chi connectivity index (χ2v) is 6.77. The summed E-state index contributed by atoms with van der Waals surface area (Å²) in [5, 5.41) is 11.9. The molecule has 1 aromatic carbocycles. The maximum Gasteiger partial charge on any atom is 0.251 e. The zero-order chi connectivity index (χ0) is 14.7. The van der Waals surface area contributed by atoms with Gasteiger partial charge in [-0.25, -0.2) is 0 Å². The minimum atomic E-state index is -0.280. The van der Waals surface area contributed by atoms with E-state index in [1.54, 1.807) is 24.3 Å². The van der Waals surface area contributed by atoms with Gasteiger partial charge in [0.15, 0.2) is 0 Å². The lowest BCUT2D eigenvalue weighted by atomic mass is 9.81. The van der Waals surface area contributed by atoms with Gasteiger partial charge in [0.25, 0.3) is 5.91 Å². The summed E-state index contributed by atoms with van der Waals surface area (Å²) >= 11 is 0. The largest absolute Gasteiger partial charge is 0.347 e. The highest BCUT2D eigenvalue weighted by molar-refractivity contribution is 5.95. The van der Waals surface area contributed by atoms with E-state index < -0.39 is 0 Å². The number of hydrogen-bond acceptors (Lipinski definition) is 2. The molecule has 0 atom stereocenters. The standard InChI is InChI=1S/C16H22N2O/c1-15(2,3)11-16(4,5)18-14(19)13-8-6-7-12(9-13)10-17/h6-9H,11H2,1-5H3,(H,18,19). The fourth-order valence-electron chi connectivity index (χ4n) is 2.48. The van der Waals surface area contributed by atoms with E-state index in [-0.39, 0.29) is 16.9 Å². The molecular weight excluding hydrogens is 236 g/mol. The minimum absolute atomic E-state index is 0.133. The van der Waals surface area contributed by atoms with Crippen molar-refractivity contribution in [2.75, 3.05) is 0 Å². The molecule has 1 amide bonds. The topological polar surface area (TPSA) is 52.9 Å². The highest BCUT2D eigenvalue weighted by Gasteiger charge is 2.27. The number of rotatable bonds is 3. The third kappa shape index (κ3) is 5.13. The number of nitrogens with one attached hydrogen (secondary N) is 1. The van der Waals surface area contributed by atoms with Crippen LogP contribution in [-0.2, 0) is 0 Å². The van der Waals surface area contributed by atoms with E-state index in [0.29, 0.717) is 11.1 Å². The third-order valence-electron chi connectivity index (χ3n) is 2.68. The Morgan fingerprint density at radius 1 is 1.26 bits per heavy atom. The van der Waals surface area contributed by atoms with Crippen molar-refractivity contribution in [3.8, 4) is 6.07 Å². The molecule has 0 aromatic heterocycles. The van der Waals surface area contributed by atoms with Crippen molar-refractivity contribution < 1.29 is 4.79 Å². The summed E-state index contributed by atoms with van der Waals surface area (Å²) in [5.74, 6) is -0.133. The lowest BCUT2D eigenvalue weighted by Crippen LogP contribution is -2.45. The molecule has 0 aliphatic heterocycles. The summed E-state index contributed by atoms with van der Waals surface area (Å²) in [4.78, 5) is 12.2. The van der Waals surface area contributed by atoms with Gasteiger partial charge in [0.1, 0.15) is 0 Å². The van der Waals surface area contributed by atoms with Crippen molar-refractivity contribution in [1.82, 2.24) is 5.32 Å². The molecule has 0 radical (unpaired) electrons. The van der Waals surface area contributed by atoms with Crippen LogP contribution in [-0.4, -0.2) is 11.4 Å². The van der Waals surface area contributed by atoms with Crippen molar-refractivity contribution in [3.63, 3.8) is 0 Å². The van der Waals surface area contributed by atoms with Crippen LogP contribution in [0.5, 0.6) is 0 Å². The second-order valence-electron chi connectivity index (χ2n) is 6.77. The van der Waals surface area contributed by atoms with Gasteiger partial charge in [-0.2, -0.15) is 5.26 Å². The van der Waals surface area contributed by atoms with Gasteiger partial charge in [-0.15, -0.1) is 0 Å². The summed E-state index contributed by atoms with van der Waals surface area (Å²) in [6.07, 6.45) is 0.879. The van der Waals surface area contributed by atoms with Crippen molar-refractivity contribution in [2.24, 2.45) is 5.41 Å². The number of benzene rings is 1. The van der Waals surface area contributed by atoms with Crippen LogP contribution in [0.3, 0.4) is 0 Å². The maximum atomic E-state index is 12.2. The van der Waals surface area contributed by atoms with Crippen molar-refractivity contribution in [2.45, 2.75) is 46.6 Å². The summed E-state index contributed by atoms with van der Waals surface area (Å²) in [7, 11) is 0. The van der Waals surface area contributed by atoms with E-state index in [1.807, 2.05) is 19.9 Å². The fraction of sp³-hybridized carbons (Fsp3) is 0.500. The number of nitrogens with zero attached hydrogens (tertiary/aromatic N) is 1. The predicted molar refractivity (Wildman–Crippen MR) is 76.8 cm³/mol. The van der Waals surface area contributed by atoms with E-state index >= 15 is 0 Å². The first-order chi connectivity index (χ1) is 8.63. The molecule has 0 saturated carbocycles. The average molecular weight is 258 g/mol. The Balaban J connectivity index is 2.82. The third-order valence-corrected chi connectivity index (χ3v) is 2.68. The summed E-state index contributed by atoms with van der Waals surface area (Å²) in [6, 6.07) is 8.80. The summed E-state index contributed by atoms with van der Waals surface area (Å²) in [6.45, 7) is 10.5. The SMILES string of the molecule is CC(C)(C)CC(C)(C)NC(=O)c1cccc(C#N)c1. The molecule has 0 saturated heterocycles. The Morgan fingerprint density at radius 2 is 1.89 bits per heavy atom. The first kappa shape index (κ1) is 15.2. The highest BCUT2D eigenvalue weighted by Crippen LogP contribution is 2.27. The lowest BCUT2D eigenvalue weighted by molar-refractivity contribution is 0.0891. The molecule has 0 bridgehead atoms. The zero-order valence-electron chi connectivity index (χ0n) is 12.4. The Morgan fingerprint density at radius 3 is 2.42 bits per heavy atom. The maximum absolute atomic E-state index is 12.2. The first-order valence-corrected chi connectivity index (χ1v) is 6.46. The molecule has 0 aliphatic carbocycles. The quantitative estimate of drug-likeness (QED) is 0.902. The van der Waals surface area contributed by atoms with E-state index in [9.17, 15) is 4.79 Å². The number of hydrogen-bond donors (Lipinski definition) is 1. The van der Waals surface area contributed by atoms with Gasteiger partial charge >= 0.3 is 0 Å². The molecule has 0 fully saturated rings. The Hall–Kier alpha value is -1.82. The van der Waals surface area contributed by atoms with E-state index in [2.05, 4.69) is 26.1 Å². The van der Waals surface area contributed by atoms with Gasteiger partial charge in [0.05, 0.1) is 11.6 Å². The van der Waals surface area contributed by atoms with Crippen LogP contribution < -0.4 is 5.32 Å². The molecular formula is C16H22N2O. The monoisotopic (exact) mass is 258 g/mol. The molecule has 19 heavy (non-hydrogen) atoms. The van der Waals surface area contributed by atoms with Crippen LogP contribution in [0.1, 0.15) is 57.0 Å². The van der Waals surface area contributed by atoms with Gasteiger partial charge in [0.2, 0.25) is 0 Å². The summed E-state index contributed by atoms with van der Waals surface area (Å²) in [5.41, 5.74) is 0.894. The van der Waals surface area contributed by atoms with E-state index in [0.717, 1.165) is 6.42 Å². The molecule has 102 valence electrons. The second kappa shape index (κ2) is 5.44. The zero-order valence-corrected chi connectivity index (χ0v) is 12.4. The molecule has 3 nitrogen and oxygen atoms in total. The molecule has 3 heteroatoms. The van der Waals surface area contributed by atoms with Crippen LogP contribution in [0.4, 0.5) is 0 Å². The van der Waals surface area contributed by atoms with Crippen molar-refractivity contribution >= 4 is 5.91 Å². The van der Waals surface area contributed by atoms with Crippen molar-refractivity contribution in [1.29, 1.82) is 5.26 Å². The molecule has 1 aromatic rings. The van der Waals surface area contributed by atoms with Gasteiger partial charge in [-0.05, 0) is 43.9 Å². The minimum Gasteiger partial charge on any atom is -0.347 e. The lowest BCUT2D eigenvalue weighted by Gasteiger charge is -2.33. The number of amides is 1. The van der Waals surface area contributed by atoms with E-state index in [1.165, 1.54) is 0 Å². The molecule has 0 heterocycles. The van der Waals surface area contributed by atoms with Crippen LogP contribution in [0.15, 0.2) is 24.3 Å². The van der Waals surface area contributed by atoms with Crippen molar-refractivity contribution in [3.05, 3.63) is 35.4 Å². The number of carbonyl (C=O) groups is 1. The average Bonchev–Trinajstić information content (AvgIpc) is 2.25. The molecule has 1 rings (SSSR count). The first-order valence-electron chi connectivity index (χ1n) is 6.46. The summed E-state index contributed by atoms with van der Waals surface area (Å²) < 4.78 is 0. The van der Waals surface area contributed by atoms with Crippen LogP contribution >= 0.6 is 0 Å².